The third-order valence-electron chi connectivity index (χ3n) is 2.13. The van der Waals surface area contributed by atoms with Gasteiger partial charge in [-0.05, 0) is 41.5 Å². The van der Waals surface area contributed by atoms with E-state index in [4.69, 9.17) is 0 Å². The van der Waals surface area contributed by atoms with Gasteiger partial charge in [-0.2, -0.15) is 12.6 Å². The SMILES string of the molecule is CCSc1ccc(CC(C)CS)cc1. The Morgan fingerprint density at radius 3 is 2.43 bits per heavy atom. The van der Waals surface area contributed by atoms with Gasteiger partial charge in [-0.3, -0.25) is 0 Å². The van der Waals surface area contributed by atoms with Gasteiger partial charge in [-0.25, -0.2) is 0 Å². The van der Waals surface area contributed by atoms with E-state index in [9.17, 15) is 0 Å². The first-order chi connectivity index (χ1) is 6.76. The van der Waals surface area contributed by atoms with Crippen molar-refractivity contribution in [3.8, 4) is 0 Å². The van der Waals surface area contributed by atoms with Crippen LogP contribution in [0.15, 0.2) is 29.2 Å². The summed E-state index contributed by atoms with van der Waals surface area (Å²) in [5.41, 5.74) is 1.42. The first-order valence-electron chi connectivity index (χ1n) is 5.08. The van der Waals surface area contributed by atoms with Crippen LogP contribution in [0.1, 0.15) is 19.4 Å². The molecule has 0 aliphatic carbocycles. The second-order valence-corrected chi connectivity index (χ2v) is 5.27. The van der Waals surface area contributed by atoms with Crippen molar-refractivity contribution in [3.05, 3.63) is 29.8 Å². The molecule has 0 aliphatic heterocycles. The Balaban J connectivity index is 2.54. The summed E-state index contributed by atoms with van der Waals surface area (Å²) in [5.74, 6) is 2.78. The number of thiol groups is 1. The van der Waals surface area contributed by atoms with Crippen molar-refractivity contribution in [2.45, 2.75) is 25.2 Å². The van der Waals surface area contributed by atoms with Crippen LogP contribution in [0.2, 0.25) is 0 Å². The number of thioether (sulfide) groups is 1. The van der Waals surface area contributed by atoms with Crippen LogP contribution >= 0.6 is 24.4 Å². The van der Waals surface area contributed by atoms with E-state index in [1.165, 1.54) is 10.5 Å². The van der Waals surface area contributed by atoms with Gasteiger partial charge >= 0.3 is 0 Å². The maximum absolute atomic E-state index is 4.30. The molecule has 0 radical (unpaired) electrons. The molecule has 1 unspecified atom stereocenters. The summed E-state index contributed by atoms with van der Waals surface area (Å²) >= 11 is 6.19. The Morgan fingerprint density at radius 2 is 1.93 bits per heavy atom. The molecule has 1 atom stereocenters. The molecule has 0 fully saturated rings. The van der Waals surface area contributed by atoms with Crippen LogP contribution in [-0.2, 0) is 6.42 Å². The molecule has 0 heterocycles. The highest BCUT2D eigenvalue weighted by Crippen LogP contribution is 2.19. The van der Waals surface area contributed by atoms with E-state index >= 15 is 0 Å². The molecule has 0 aliphatic rings. The van der Waals surface area contributed by atoms with E-state index < -0.39 is 0 Å². The van der Waals surface area contributed by atoms with Crippen LogP contribution in [0, 0.1) is 5.92 Å². The Kier molecular flexibility index (Phi) is 5.49. The quantitative estimate of drug-likeness (QED) is 0.587. The standard InChI is InChI=1S/C12H18S2/c1-3-14-12-6-4-11(5-7-12)8-10(2)9-13/h4-7,10,13H,3,8-9H2,1-2H3. The van der Waals surface area contributed by atoms with Crippen molar-refractivity contribution < 1.29 is 0 Å². The Labute approximate surface area is 96.9 Å². The highest BCUT2D eigenvalue weighted by molar-refractivity contribution is 7.99. The Morgan fingerprint density at radius 1 is 1.29 bits per heavy atom. The number of benzene rings is 1. The predicted molar refractivity (Wildman–Crippen MR) is 69.6 cm³/mol. The summed E-state index contributed by atoms with van der Waals surface area (Å²) in [5, 5.41) is 0. The smallest absolute Gasteiger partial charge is 0.00720 e. The fraction of sp³-hybridized carbons (Fsp3) is 0.500. The van der Waals surface area contributed by atoms with Crippen LogP contribution in [0.4, 0.5) is 0 Å². The van der Waals surface area contributed by atoms with E-state index in [1.807, 2.05) is 11.8 Å². The predicted octanol–water partition coefficient (Wildman–Crippen LogP) is 3.91. The third kappa shape index (κ3) is 3.97. The molecule has 0 spiro atoms. The highest BCUT2D eigenvalue weighted by Gasteiger charge is 2.01. The topological polar surface area (TPSA) is 0 Å². The molecule has 1 rings (SSSR count). The molecule has 0 N–H and O–H groups in total. The Bertz CT molecular complexity index is 254. The first-order valence-corrected chi connectivity index (χ1v) is 6.70. The van der Waals surface area contributed by atoms with Crippen molar-refractivity contribution in [3.63, 3.8) is 0 Å². The molecule has 0 bridgehead atoms. The Hall–Kier alpha value is -0.0800. The van der Waals surface area contributed by atoms with Gasteiger partial charge in [0.1, 0.15) is 0 Å². The summed E-state index contributed by atoms with van der Waals surface area (Å²) in [6.07, 6.45) is 1.14. The summed E-state index contributed by atoms with van der Waals surface area (Å²) in [4.78, 5) is 1.37. The average Bonchev–Trinajstić information content (AvgIpc) is 2.21. The van der Waals surface area contributed by atoms with Gasteiger partial charge in [-0.15, -0.1) is 11.8 Å². The molecule has 14 heavy (non-hydrogen) atoms. The monoisotopic (exact) mass is 226 g/mol. The van der Waals surface area contributed by atoms with Crippen LogP contribution in [0.5, 0.6) is 0 Å². The van der Waals surface area contributed by atoms with Crippen molar-refractivity contribution in [1.82, 2.24) is 0 Å². The summed E-state index contributed by atoms with van der Waals surface area (Å²) in [6, 6.07) is 8.90. The van der Waals surface area contributed by atoms with Gasteiger partial charge in [0.15, 0.2) is 0 Å². The van der Waals surface area contributed by atoms with E-state index in [1.54, 1.807) is 0 Å². The molecule has 0 saturated carbocycles. The van der Waals surface area contributed by atoms with Crippen LogP contribution in [0.25, 0.3) is 0 Å². The zero-order chi connectivity index (χ0) is 10.4. The molecule has 2 heteroatoms. The second kappa shape index (κ2) is 6.41. The van der Waals surface area contributed by atoms with Crippen molar-refractivity contribution in [2.75, 3.05) is 11.5 Å². The zero-order valence-electron chi connectivity index (χ0n) is 8.86. The summed E-state index contributed by atoms with van der Waals surface area (Å²) < 4.78 is 0. The summed E-state index contributed by atoms with van der Waals surface area (Å²) in [6.45, 7) is 4.42. The van der Waals surface area contributed by atoms with Gasteiger partial charge in [-0.1, -0.05) is 26.0 Å². The fourth-order valence-electron chi connectivity index (χ4n) is 1.36. The van der Waals surface area contributed by atoms with E-state index in [0.29, 0.717) is 5.92 Å². The molecule has 1 aromatic rings. The van der Waals surface area contributed by atoms with E-state index in [2.05, 4.69) is 50.7 Å². The van der Waals surface area contributed by atoms with E-state index in [0.717, 1.165) is 17.9 Å². The highest BCUT2D eigenvalue weighted by atomic mass is 32.2. The maximum Gasteiger partial charge on any atom is 0.00720 e. The fourth-order valence-corrected chi connectivity index (χ4v) is 2.15. The average molecular weight is 226 g/mol. The number of hydrogen-bond donors (Lipinski definition) is 1. The van der Waals surface area contributed by atoms with Crippen molar-refractivity contribution in [2.24, 2.45) is 5.92 Å². The van der Waals surface area contributed by atoms with Crippen LogP contribution < -0.4 is 0 Å². The van der Waals surface area contributed by atoms with Gasteiger partial charge < -0.3 is 0 Å². The molecule has 1 aromatic carbocycles. The molecular formula is C12H18S2. The van der Waals surface area contributed by atoms with Crippen LogP contribution in [0.3, 0.4) is 0 Å². The molecule has 78 valence electrons. The molecule has 0 saturated heterocycles. The minimum absolute atomic E-state index is 0.669. The largest absolute Gasteiger partial charge is 0.179 e. The lowest BCUT2D eigenvalue weighted by atomic mass is 10.0. The van der Waals surface area contributed by atoms with Gasteiger partial charge in [0.05, 0.1) is 0 Å². The first kappa shape index (κ1) is 12.0. The molecule has 0 nitrogen and oxygen atoms in total. The maximum atomic E-state index is 4.30. The molecule has 0 amide bonds. The lowest BCUT2D eigenvalue weighted by Gasteiger charge is -2.08. The van der Waals surface area contributed by atoms with Crippen LogP contribution in [-0.4, -0.2) is 11.5 Å². The zero-order valence-corrected chi connectivity index (χ0v) is 10.6. The minimum Gasteiger partial charge on any atom is -0.179 e. The third-order valence-corrected chi connectivity index (χ3v) is 3.65. The van der Waals surface area contributed by atoms with Crippen molar-refractivity contribution >= 4 is 24.4 Å². The van der Waals surface area contributed by atoms with E-state index in [-0.39, 0.29) is 0 Å². The molecular weight excluding hydrogens is 208 g/mol. The lowest BCUT2D eigenvalue weighted by molar-refractivity contribution is 0.660. The van der Waals surface area contributed by atoms with Gasteiger partial charge in [0.2, 0.25) is 0 Å². The number of rotatable bonds is 5. The number of hydrogen-bond acceptors (Lipinski definition) is 2. The van der Waals surface area contributed by atoms with Crippen molar-refractivity contribution in [1.29, 1.82) is 0 Å². The van der Waals surface area contributed by atoms with Gasteiger partial charge in [0.25, 0.3) is 0 Å². The summed E-state index contributed by atoms with van der Waals surface area (Å²) in [7, 11) is 0. The van der Waals surface area contributed by atoms with Gasteiger partial charge in [0, 0.05) is 4.90 Å². The normalized spacial score (nSPS) is 12.8. The minimum atomic E-state index is 0.669. The second-order valence-electron chi connectivity index (χ2n) is 3.57. The molecule has 0 aromatic heterocycles. The lowest BCUT2D eigenvalue weighted by Crippen LogP contribution is -2.00.